The first kappa shape index (κ1) is 24.1. The summed E-state index contributed by atoms with van der Waals surface area (Å²) in [5, 5.41) is 3.64. The molecule has 2 aliphatic carbocycles. The van der Waals surface area contributed by atoms with Crippen LogP contribution in [0.1, 0.15) is 38.3 Å². The number of methoxy groups -OCH3 is 1. The molecule has 6 heteroatoms. The summed E-state index contributed by atoms with van der Waals surface area (Å²) in [5.41, 5.74) is 3.91. The number of allylic oxidation sites excluding steroid dienone is 6. The van der Waals surface area contributed by atoms with Crippen LogP contribution in [-0.2, 0) is 20.4 Å². The lowest BCUT2D eigenvalue weighted by Gasteiger charge is -2.43. The summed E-state index contributed by atoms with van der Waals surface area (Å²) in [6, 6.07) is 3.90. The third-order valence-electron chi connectivity index (χ3n) is 7.44. The summed E-state index contributed by atoms with van der Waals surface area (Å²) in [4.78, 5) is 11.7. The maximum absolute atomic E-state index is 11.7. The van der Waals surface area contributed by atoms with Gasteiger partial charge in [0.1, 0.15) is 11.9 Å². The van der Waals surface area contributed by atoms with Crippen LogP contribution in [0.3, 0.4) is 0 Å². The van der Waals surface area contributed by atoms with E-state index in [1.807, 2.05) is 18.2 Å². The molecule has 0 saturated heterocycles. The largest absolute Gasteiger partial charge is 0.498 e. The lowest BCUT2D eigenvalue weighted by atomic mass is 9.79. The molecule has 0 aromatic heterocycles. The number of benzene rings is 1. The third-order valence-corrected chi connectivity index (χ3v) is 12.2. The summed E-state index contributed by atoms with van der Waals surface area (Å²) in [7, 11) is -0.260. The zero-order valence-electron chi connectivity index (χ0n) is 20.4. The summed E-state index contributed by atoms with van der Waals surface area (Å²) >= 11 is 6.57. The van der Waals surface area contributed by atoms with Crippen LogP contribution >= 0.6 is 11.6 Å². The zero-order valence-corrected chi connectivity index (χ0v) is 22.1. The van der Waals surface area contributed by atoms with Gasteiger partial charge in [-0.25, -0.2) is 0 Å². The predicted molar refractivity (Wildman–Crippen MR) is 139 cm³/mol. The Kier molecular flexibility index (Phi) is 6.51. The van der Waals surface area contributed by atoms with Gasteiger partial charge in [0, 0.05) is 17.2 Å². The SMILES string of the molecule is COC1=CC=CC(C2C=CC(c3cc4c(cc3Cl)NC(=O)C4)=CC2)C1O[Si](C)(C)C(C)(C)C. The Morgan fingerprint density at radius 2 is 1.94 bits per heavy atom. The summed E-state index contributed by atoms with van der Waals surface area (Å²) < 4.78 is 12.6. The Morgan fingerprint density at radius 3 is 2.58 bits per heavy atom. The average molecular weight is 484 g/mol. The molecule has 4 nitrogen and oxygen atoms in total. The Morgan fingerprint density at radius 1 is 1.18 bits per heavy atom. The number of rotatable bonds is 5. The van der Waals surface area contributed by atoms with E-state index in [0.717, 1.165) is 34.6 Å². The number of carbonyl (C=O) groups excluding carboxylic acids is 1. The van der Waals surface area contributed by atoms with Crippen molar-refractivity contribution in [3.8, 4) is 0 Å². The fourth-order valence-corrected chi connectivity index (χ4v) is 5.97. The predicted octanol–water partition coefficient (Wildman–Crippen LogP) is 6.90. The first-order valence-corrected chi connectivity index (χ1v) is 14.9. The first-order chi connectivity index (χ1) is 15.5. The second-order valence-corrected chi connectivity index (χ2v) is 15.8. The smallest absolute Gasteiger partial charge is 0.228 e. The fourth-order valence-electron chi connectivity index (χ4n) is 4.44. The molecule has 1 aliphatic heterocycles. The molecule has 33 heavy (non-hydrogen) atoms. The van der Waals surface area contributed by atoms with E-state index in [1.165, 1.54) is 0 Å². The lowest BCUT2D eigenvalue weighted by molar-refractivity contribution is -0.115. The van der Waals surface area contributed by atoms with E-state index >= 15 is 0 Å². The van der Waals surface area contributed by atoms with Gasteiger partial charge in [0.05, 0.1) is 18.6 Å². The van der Waals surface area contributed by atoms with Gasteiger partial charge in [0.15, 0.2) is 8.32 Å². The Labute approximate surface area is 203 Å². The third kappa shape index (κ3) is 4.77. The van der Waals surface area contributed by atoms with Crippen LogP contribution in [0.4, 0.5) is 5.69 Å². The van der Waals surface area contributed by atoms with Gasteiger partial charge in [-0.1, -0.05) is 62.8 Å². The highest BCUT2D eigenvalue weighted by atomic mass is 35.5. The zero-order chi connectivity index (χ0) is 24.0. The molecule has 0 spiro atoms. The van der Waals surface area contributed by atoms with Crippen molar-refractivity contribution >= 4 is 37.1 Å². The van der Waals surface area contributed by atoms with Gasteiger partial charge in [0.25, 0.3) is 0 Å². The van der Waals surface area contributed by atoms with Crippen molar-refractivity contribution in [2.75, 3.05) is 12.4 Å². The molecular formula is C27H34ClNO3Si. The van der Waals surface area contributed by atoms with Crippen LogP contribution in [0.15, 0.2) is 54.3 Å². The number of nitrogens with one attached hydrogen (secondary N) is 1. The number of ether oxygens (including phenoxy) is 1. The number of hydrogen-bond donors (Lipinski definition) is 1. The number of halogens is 1. The molecule has 3 atom stereocenters. The van der Waals surface area contributed by atoms with Gasteiger partial charge in [-0.2, -0.15) is 0 Å². The second-order valence-electron chi connectivity index (χ2n) is 10.7. The van der Waals surface area contributed by atoms with E-state index in [2.05, 4.69) is 69.6 Å². The molecule has 1 aromatic rings. The highest BCUT2D eigenvalue weighted by Crippen LogP contribution is 2.43. The quantitative estimate of drug-likeness (QED) is 0.463. The minimum Gasteiger partial charge on any atom is -0.498 e. The van der Waals surface area contributed by atoms with Crippen LogP contribution in [0, 0.1) is 11.8 Å². The number of carbonyl (C=O) groups is 1. The maximum Gasteiger partial charge on any atom is 0.228 e. The minimum atomic E-state index is -1.99. The minimum absolute atomic E-state index is 0.0188. The molecule has 176 valence electrons. The van der Waals surface area contributed by atoms with E-state index in [-0.39, 0.29) is 23.0 Å². The van der Waals surface area contributed by atoms with E-state index < -0.39 is 8.32 Å². The number of fused-ring (bicyclic) bond motifs is 1. The second kappa shape index (κ2) is 8.93. The lowest BCUT2D eigenvalue weighted by Crippen LogP contribution is -2.47. The van der Waals surface area contributed by atoms with Crippen LogP contribution in [-0.4, -0.2) is 27.4 Å². The van der Waals surface area contributed by atoms with E-state index in [1.54, 1.807) is 7.11 Å². The van der Waals surface area contributed by atoms with Crippen LogP contribution < -0.4 is 5.32 Å². The Balaban J connectivity index is 1.55. The van der Waals surface area contributed by atoms with Gasteiger partial charge in [-0.15, -0.1) is 0 Å². The molecule has 1 N–H and O–H groups in total. The van der Waals surface area contributed by atoms with Crippen molar-refractivity contribution in [2.45, 2.75) is 57.8 Å². The maximum atomic E-state index is 11.7. The van der Waals surface area contributed by atoms with Crippen molar-refractivity contribution in [1.82, 2.24) is 0 Å². The van der Waals surface area contributed by atoms with Gasteiger partial charge < -0.3 is 14.5 Å². The molecule has 0 saturated carbocycles. The molecule has 0 bridgehead atoms. The van der Waals surface area contributed by atoms with Crippen LogP contribution in [0.25, 0.3) is 5.57 Å². The van der Waals surface area contributed by atoms with Crippen molar-refractivity contribution < 1.29 is 14.0 Å². The number of amides is 1. The summed E-state index contributed by atoms with van der Waals surface area (Å²) in [6.45, 7) is 11.4. The standard InChI is InChI=1S/C27H34ClNO3Si/c1-27(2,3)33(5,6)32-26-20(8-7-9-24(26)31-4)17-10-12-18(13-11-17)21-14-19-15-25(30)29-23(19)16-22(21)28/h7-10,12-14,16-17,20,26H,11,15H2,1-6H3,(H,29,30). The molecular weight excluding hydrogens is 450 g/mol. The Bertz CT molecular complexity index is 1080. The summed E-state index contributed by atoms with van der Waals surface area (Å²) in [6.07, 6.45) is 14.3. The Hall–Kier alpha value is -2.08. The highest BCUT2D eigenvalue weighted by Gasteiger charge is 2.43. The molecule has 1 amide bonds. The molecule has 4 rings (SSSR count). The average Bonchev–Trinajstić information content (AvgIpc) is 3.11. The fraction of sp³-hybridized carbons (Fsp3) is 0.444. The van der Waals surface area contributed by atoms with Crippen LogP contribution in [0.2, 0.25) is 23.2 Å². The number of anilines is 1. The molecule has 0 fully saturated rings. The van der Waals surface area contributed by atoms with Gasteiger partial charge in [-0.05, 0) is 59.8 Å². The summed E-state index contributed by atoms with van der Waals surface area (Å²) in [5.74, 6) is 1.42. The van der Waals surface area contributed by atoms with E-state index in [4.69, 9.17) is 20.8 Å². The van der Waals surface area contributed by atoms with Crippen molar-refractivity contribution in [1.29, 1.82) is 0 Å². The van der Waals surface area contributed by atoms with Crippen molar-refractivity contribution in [3.05, 3.63) is 70.5 Å². The van der Waals surface area contributed by atoms with E-state index in [0.29, 0.717) is 17.4 Å². The van der Waals surface area contributed by atoms with Gasteiger partial charge >= 0.3 is 0 Å². The van der Waals surface area contributed by atoms with Crippen molar-refractivity contribution in [3.63, 3.8) is 0 Å². The molecule has 1 heterocycles. The molecule has 1 aromatic carbocycles. The monoisotopic (exact) mass is 483 g/mol. The highest BCUT2D eigenvalue weighted by molar-refractivity contribution is 6.74. The molecule has 3 unspecified atom stereocenters. The van der Waals surface area contributed by atoms with Crippen molar-refractivity contribution in [2.24, 2.45) is 11.8 Å². The molecule has 3 aliphatic rings. The first-order valence-electron chi connectivity index (χ1n) is 11.6. The van der Waals surface area contributed by atoms with Crippen LogP contribution in [0.5, 0.6) is 0 Å². The molecule has 0 radical (unpaired) electrons. The number of hydrogen-bond acceptors (Lipinski definition) is 3. The topological polar surface area (TPSA) is 47.6 Å². The van der Waals surface area contributed by atoms with E-state index in [9.17, 15) is 4.79 Å². The van der Waals surface area contributed by atoms with Gasteiger partial charge in [-0.3, -0.25) is 4.79 Å². The van der Waals surface area contributed by atoms with Gasteiger partial charge in [0.2, 0.25) is 5.91 Å². The normalized spacial score (nSPS) is 24.8.